The summed E-state index contributed by atoms with van der Waals surface area (Å²) in [6.07, 6.45) is 5.75. The van der Waals surface area contributed by atoms with Crippen molar-refractivity contribution in [1.82, 2.24) is 4.81 Å². The van der Waals surface area contributed by atoms with E-state index in [0.717, 1.165) is 20.1 Å². The molecule has 0 saturated carbocycles. The molecule has 8 heteroatoms. The van der Waals surface area contributed by atoms with Gasteiger partial charge in [0.1, 0.15) is 13.1 Å². The SMILES string of the molecule is NCC1=CC2C(C=N1)N=CN2BBBO. The van der Waals surface area contributed by atoms with Gasteiger partial charge in [-0.25, -0.2) is 0 Å². The van der Waals surface area contributed by atoms with Crippen molar-refractivity contribution < 1.29 is 5.02 Å². The van der Waals surface area contributed by atoms with E-state index in [1.165, 1.54) is 0 Å². The van der Waals surface area contributed by atoms with Gasteiger partial charge in [0, 0.05) is 12.8 Å². The van der Waals surface area contributed by atoms with E-state index in [9.17, 15) is 0 Å². The number of nitrogens with zero attached hydrogens (tertiary/aromatic N) is 3. The van der Waals surface area contributed by atoms with Crippen molar-refractivity contribution in [3.63, 3.8) is 0 Å². The summed E-state index contributed by atoms with van der Waals surface area (Å²) in [7, 11) is 1.80. The third-order valence-corrected chi connectivity index (χ3v) is 2.66. The third kappa shape index (κ3) is 2.16. The van der Waals surface area contributed by atoms with Gasteiger partial charge in [0.25, 0.3) is 0 Å². The second kappa shape index (κ2) is 4.68. The molecule has 0 radical (unpaired) electrons. The highest BCUT2D eigenvalue weighted by molar-refractivity contribution is 7.26. The Morgan fingerprint density at radius 3 is 3.20 bits per heavy atom. The van der Waals surface area contributed by atoms with Crippen LogP contribution in [0.4, 0.5) is 0 Å². The molecule has 2 atom stereocenters. The molecule has 2 aliphatic rings. The Balaban J connectivity index is 2.03. The Morgan fingerprint density at radius 1 is 1.60 bits per heavy atom. The second-order valence-corrected chi connectivity index (χ2v) is 3.70. The van der Waals surface area contributed by atoms with Crippen LogP contribution in [0.25, 0.3) is 0 Å². The first-order valence-electron chi connectivity index (χ1n) is 5.20. The largest absolute Gasteiger partial charge is 0.464 e. The molecule has 0 aromatic carbocycles. The Bertz CT molecular complexity index is 319. The predicted molar refractivity (Wildman–Crippen MR) is 67.2 cm³/mol. The molecule has 2 aliphatic heterocycles. The van der Waals surface area contributed by atoms with Crippen LogP contribution in [0.2, 0.25) is 0 Å². The van der Waals surface area contributed by atoms with Gasteiger partial charge in [0.2, 0.25) is 7.37 Å². The Hall–Kier alpha value is -1.01. The lowest BCUT2D eigenvalue weighted by molar-refractivity contribution is 0.559. The van der Waals surface area contributed by atoms with Gasteiger partial charge in [-0.15, -0.1) is 0 Å². The molecular weight excluding hydrogens is 189 g/mol. The zero-order valence-corrected chi connectivity index (χ0v) is 8.58. The van der Waals surface area contributed by atoms with Gasteiger partial charge in [0.15, 0.2) is 7.31 Å². The van der Waals surface area contributed by atoms with Crippen molar-refractivity contribution in [3.05, 3.63) is 11.8 Å². The zero-order valence-electron chi connectivity index (χ0n) is 8.58. The summed E-state index contributed by atoms with van der Waals surface area (Å²) in [4.78, 5) is 10.7. The van der Waals surface area contributed by atoms with E-state index >= 15 is 0 Å². The highest BCUT2D eigenvalue weighted by atomic mass is 16.2. The summed E-state index contributed by atoms with van der Waals surface area (Å²) >= 11 is 0. The first-order valence-corrected chi connectivity index (χ1v) is 5.20. The Labute approximate surface area is 90.9 Å². The number of hydrogen-bond acceptors (Lipinski definition) is 5. The van der Waals surface area contributed by atoms with Gasteiger partial charge in [-0.05, 0) is 6.08 Å². The lowest BCUT2D eigenvalue weighted by Gasteiger charge is -2.26. The van der Waals surface area contributed by atoms with Crippen LogP contribution in [-0.4, -0.2) is 62.8 Å². The number of fused-ring (bicyclic) bond motifs is 1. The molecule has 2 heterocycles. The van der Waals surface area contributed by atoms with Gasteiger partial charge in [-0.2, -0.15) is 0 Å². The van der Waals surface area contributed by atoms with Crippen molar-refractivity contribution in [2.24, 2.45) is 15.7 Å². The van der Waals surface area contributed by atoms with E-state index in [-0.39, 0.29) is 19.5 Å². The number of hydrogen-bond donors (Lipinski definition) is 2. The first-order chi connectivity index (χ1) is 7.35. The molecule has 0 spiro atoms. The highest BCUT2D eigenvalue weighted by Gasteiger charge is 2.29. The second-order valence-electron chi connectivity index (χ2n) is 3.70. The minimum absolute atomic E-state index is 0.124. The molecule has 0 amide bonds. The third-order valence-electron chi connectivity index (χ3n) is 2.66. The Morgan fingerprint density at radius 2 is 2.47 bits per heavy atom. The number of rotatable bonds is 4. The average Bonchev–Trinajstić information content (AvgIpc) is 2.68. The monoisotopic (exact) mass is 202 g/mol. The van der Waals surface area contributed by atoms with Crippen molar-refractivity contribution in [3.8, 4) is 0 Å². The quantitative estimate of drug-likeness (QED) is 0.475. The van der Waals surface area contributed by atoms with Crippen molar-refractivity contribution in [2.45, 2.75) is 12.1 Å². The molecule has 5 nitrogen and oxygen atoms in total. The van der Waals surface area contributed by atoms with Gasteiger partial charge >= 0.3 is 0 Å². The molecule has 0 fully saturated rings. The van der Waals surface area contributed by atoms with Crippen LogP contribution < -0.4 is 5.73 Å². The first kappa shape index (κ1) is 10.5. The lowest BCUT2D eigenvalue weighted by atomic mass is 9.29. The molecule has 0 aliphatic carbocycles. The van der Waals surface area contributed by atoms with Crippen LogP contribution >= 0.6 is 0 Å². The van der Waals surface area contributed by atoms with Crippen molar-refractivity contribution in [1.29, 1.82) is 0 Å². The molecule has 15 heavy (non-hydrogen) atoms. The molecule has 0 aromatic heterocycles. The van der Waals surface area contributed by atoms with E-state index in [1.807, 2.05) is 12.6 Å². The van der Waals surface area contributed by atoms with Crippen molar-refractivity contribution >= 4 is 34.3 Å². The lowest BCUT2D eigenvalue weighted by Crippen LogP contribution is -2.43. The van der Waals surface area contributed by atoms with Crippen molar-refractivity contribution in [2.75, 3.05) is 6.54 Å². The topological polar surface area (TPSA) is 74.2 Å². The van der Waals surface area contributed by atoms with E-state index in [0.29, 0.717) is 6.54 Å². The summed E-state index contributed by atoms with van der Waals surface area (Å²) in [6.45, 7) is 0.466. The summed E-state index contributed by atoms with van der Waals surface area (Å²) < 4.78 is 0. The maximum atomic E-state index is 8.79. The minimum atomic E-state index is 0.124. The van der Waals surface area contributed by atoms with E-state index in [2.05, 4.69) is 20.9 Å². The van der Waals surface area contributed by atoms with E-state index < -0.39 is 0 Å². The summed E-state index contributed by atoms with van der Waals surface area (Å²) in [6, 6.07) is 0.367. The van der Waals surface area contributed by atoms with Gasteiger partial charge in [-0.1, -0.05) is 0 Å². The highest BCUT2D eigenvalue weighted by Crippen LogP contribution is 2.18. The maximum Gasteiger partial charge on any atom is 0.224 e. The number of nitrogens with two attached hydrogens (primary N) is 1. The molecule has 0 aromatic rings. The fourth-order valence-electron chi connectivity index (χ4n) is 1.84. The maximum absolute atomic E-state index is 8.79. The van der Waals surface area contributed by atoms with E-state index in [1.54, 1.807) is 0 Å². The van der Waals surface area contributed by atoms with Crippen LogP contribution in [-0.2, 0) is 0 Å². The van der Waals surface area contributed by atoms with Gasteiger partial charge in [-0.3, -0.25) is 9.98 Å². The molecule has 0 saturated heterocycles. The molecular formula is C7H13B3N4O. The molecule has 3 N–H and O–H groups in total. The summed E-state index contributed by atoms with van der Waals surface area (Å²) in [5.74, 6) is 0. The van der Waals surface area contributed by atoms with Crippen LogP contribution in [0.5, 0.6) is 0 Å². The average molecular weight is 202 g/mol. The molecule has 2 rings (SSSR count). The summed E-state index contributed by atoms with van der Waals surface area (Å²) in [5.41, 5.74) is 6.46. The van der Waals surface area contributed by atoms with Crippen LogP contribution in [0.15, 0.2) is 21.8 Å². The molecule has 76 valence electrons. The predicted octanol–water partition coefficient (Wildman–Crippen LogP) is -3.04. The Kier molecular flexibility index (Phi) is 3.28. The summed E-state index contributed by atoms with van der Waals surface area (Å²) in [5, 5.41) is 8.79. The van der Waals surface area contributed by atoms with Gasteiger partial charge in [0.05, 0.1) is 18.1 Å². The number of aliphatic imine (C=N–C) groups is 2. The van der Waals surface area contributed by atoms with Crippen LogP contribution in [0.1, 0.15) is 0 Å². The minimum Gasteiger partial charge on any atom is -0.464 e. The van der Waals surface area contributed by atoms with Crippen LogP contribution in [0, 0.1) is 0 Å². The normalized spacial score (nSPS) is 27.3. The zero-order chi connectivity index (χ0) is 10.7. The molecule has 2 unspecified atom stereocenters. The van der Waals surface area contributed by atoms with E-state index in [4.69, 9.17) is 10.8 Å². The van der Waals surface area contributed by atoms with Gasteiger partial charge < -0.3 is 15.6 Å². The standard InChI is InChI=1S/C7H13B3N4O/c11-2-5-1-7-6(3-12-5)13-4-14(7)9-8-10-15/h1,3-4,6-10,15H,2,11H2. The van der Waals surface area contributed by atoms with Crippen LogP contribution in [0.3, 0.4) is 0 Å². The smallest absolute Gasteiger partial charge is 0.224 e. The fraction of sp³-hybridized carbons (Fsp3) is 0.429. The fourth-order valence-corrected chi connectivity index (χ4v) is 1.84. The molecule has 0 bridgehead atoms.